The van der Waals surface area contributed by atoms with E-state index in [0.717, 1.165) is 39.7 Å². The number of thiazole rings is 1. The van der Waals surface area contributed by atoms with Gasteiger partial charge in [-0.05, 0) is 49.6 Å². The van der Waals surface area contributed by atoms with Crippen molar-refractivity contribution in [1.29, 1.82) is 0 Å². The van der Waals surface area contributed by atoms with Crippen LogP contribution in [0.1, 0.15) is 18.9 Å². The molecule has 0 atom stereocenters. The third-order valence-electron chi connectivity index (χ3n) is 4.00. The lowest BCUT2D eigenvalue weighted by molar-refractivity contribution is -0.119. The molecule has 3 aromatic rings. The van der Waals surface area contributed by atoms with Gasteiger partial charge in [-0.25, -0.2) is 10.4 Å². The van der Waals surface area contributed by atoms with Gasteiger partial charge in [0.05, 0.1) is 23.9 Å². The topological polar surface area (TPSA) is 75.6 Å². The van der Waals surface area contributed by atoms with Crippen molar-refractivity contribution in [3.8, 4) is 5.75 Å². The molecule has 0 fully saturated rings. The zero-order valence-electron chi connectivity index (χ0n) is 15.4. The predicted molar refractivity (Wildman–Crippen MR) is 111 cm³/mol. The van der Waals surface area contributed by atoms with Crippen molar-refractivity contribution in [2.24, 2.45) is 5.10 Å². The van der Waals surface area contributed by atoms with Gasteiger partial charge in [0.15, 0.2) is 5.13 Å². The number of carbonyl (C=O) groups excluding carboxylic acids is 1. The van der Waals surface area contributed by atoms with Gasteiger partial charge in [-0.1, -0.05) is 35.6 Å². The van der Waals surface area contributed by atoms with Crippen LogP contribution in [0.5, 0.6) is 5.75 Å². The molecular weight excluding hydrogens is 360 g/mol. The quantitative estimate of drug-likeness (QED) is 0.458. The standard InChI is InChI=1S/C20H22N4O2S/c1-14(7-8-15-9-11-16(26-2)12-10-15)23-24-19(25)13-21-20-22-17-5-3-4-6-18(17)27-20/h3-6,9-12H,7-8,13H2,1-2H3,(H,21,22)(H,24,25)/b23-14-. The average Bonchev–Trinajstić information content (AvgIpc) is 3.12. The number of para-hydroxylation sites is 1. The molecule has 27 heavy (non-hydrogen) atoms. The first-order valence-corrected chi connectivity index (χ1v) is 9.50. The summed E-state index contributed by atoms with van der Waals surface area (Å²) in [4.78, 5) is 16.4. The molecule has 0 saturated carbocycles. The van der Waals surface area contributed by atoms with Gasteiger partial charge in [0.25, 0.3) is 5.91 Å². The molecule has 7 heteroatoms. The highest BCUT2D eigenvalue weighted by Crippen LogP contribution is 2.24. The molecule has 140 valence electrons. The van der Waals surface area contributed by atoms with E-state index in [-0.39, 0.29) is 12.5 Å². The Labute approximate surface area is 162 Å². The first-order chi connectivity index (χ1) is 13.1. The maximum atomic E-state index is 12.0. The number of nitrogens with one attached hydrogen (secondary N) is 2. The maximum absolute atomic E-state index is 12.0. The Hall–Kier alpha value is -2.93. The summed E-state index contributed by atoms with van der Waals surface area (Å²) < 4.78 is 6.24. The number of methoxy groups -OCH3 is 1. The van der Waals surface area contributed by atoms with E-state index in [0.29, 0.717) is 0 Å². The number of hydrazone groups is 1. The zero-order chi connectivity index (χ0) is 19.1. The molecule has 0 saturated heterocycles. The highest BCUT2D eigenvalue weighted by Gasteiger charge is 2.05. The highest BCUT2D eigenvalue weighted by atomic mass is 32.1. The number of nitrogens with zero attached hydrogens (tertiary/aromatic N) is 2. The second-order valence-corrected chi connectivity index (χ2v) is 7.10. The van der Waals surface area contributed by atoms with E-state index < -0.39 is 0 Å². The molecule has 3 rings (SSSR count). The summed E-state index contributed by atoms with van der Waals surface area (Å²) in [7, 11) is 1.65. The Balaban J connectivity index is 1.42. The number of hydrogen-bond acceptors (Lipinski definition) is 6. The fourth-order valence-corrected chi connectivity index (χ4v) is 3.34. The van der Waals surface area contributed by atoms with Crippen LogP contribution < -0.4 is 15.5 Å². The molecule has 1 heterocycles. The molecule has 0 aliphatic heterocycles. The molecule has 6 nitrogen and oxygen atoms in total. The molecule has 0 radical (unpaired) electrons. The average molecular weight is 382 g/mol. The number of aromatic nitrogens is 1. The minimum absolute atomic E-state index is 0.134. The van der Waals surface area contributed by atoms with E-state index >= 15 is 0 Å². The van der Waals surface area contributed by atoms with Crippen molar-refractivity contribution in [3.05, 3.63) is 54.1 Å². The Kier molecular flexibility index (Phi) is 6.38. The van der Waals surface area contributed by atoms with E-state index in [9.17, 15) is 4.79 Å². The van der Waals surface area contributed by atoms with Gasteiger partial charge in [0.2, 0.25) is 0 Å². The number of carbonyl (C=O) groups is 1. The van der Waals surface area contributed by atoms with Crippen LogP contribution in [0, 0.1) is 0 Å². The molecule has 0 unspecified atom stereocenters. The van der Waals surface area contributed by atoms with Crippen LogP contribution in [0.25, 0.3) is 10.2 Å². The van der Waals surface area contributed by atoms with Crippen LogP contribution in [0.2, 0.25) is 0 Å². The van der Waals surface area contributed by atoms with Gasteiger partial charge in [-0.15, -0.1) is 0 Å². The number of aryl methyl sites for hydroxylation is 1. The van der Waals surface area contributed by atoms with Crippen LogP contribution in [0.15, 0.2) is 53.6 Å². The molecule has 1 amide bonds. The number of hydrogen-bond donors (Lipinski definition) is 2. The fraction of sp³-hybridized carbons (Fsp3) is 0.250. The van der Waals surface area contributed by atoms with Gasteiger partial charge in [-0.3, -0.25) is 4.79 Å². The fourth-order valence-electron chi connectivity index (χ4n) is 2.47. The number of fused-ring (bicyclic) bond motifs is 1. The molecule has 0 bridgehead atoms. The van der Waals surface area contributed by atoms with Crippen molar-refractivity contribution in [2.75, 3.05) is 19.0 Å². The van der Waals surface area contributed by atoms with Crippen LogP contribution in [-0.2, 0) is 11.2 Å². The summed E-state index contributed by atoms with van der Waals surface area (Å²) in [6.45, 7) is 2.04. The number of anilines is 1. The SMILES string of the molecule is COc1ccc(CC/C(C)=N\NC(=O)CNc2nc3ccccc3s2)cc1. The van der Waals surface area contributed by atoms with Crippen molar-refractivity contribution < 1.29 is 9.53 Å². The van der Waals surface area contributed by atoms with Gasteiger partial charge in [0, 0.05) is 5.71 Å². The van der Waals surface area contributed by atoms with Crippen molar-refractivity contribution in [3.63, 3.8) is 0 Å². The monoisotopic (exact) mass is 382 g/mol. The Morgan fingerprint density at radius 1 is 1.19 bits per heavy atom. The van der Waals surface area contributed by atoms with E-state index in [1.165, 1.54) is 16.9 Å². The summed E-state index contributed by atoms with van der Waals surface area (Å²) >= 11 is 1.52. The van der Waals surface area contributed by atoms with Crippen molar-refractivity contribution in [1.82, 2.24) is 10.4 Å². The lowest BCUT2D eigenvalue weighted by atomic mass is 10.1. The smallest absolute Gasteiger partial charge is 0.259 e. The Morgan fingerprint density at radius 3 is 2.70 bits per heavy atom. The van der Waals surface area contributed by atoms with Gasteiger partial charge in [-0.2, -0.15) is 5.10 Å². The van der Waals surface area contributed by atoms with E-state index in [2.05, 4.69) is 20.8 Å². The van der Waals surface area contributed by atoms with Gasteiger partial charge < -0.3 is 10.1 Å². The summed E-state index contributed by atoms with van der Waals surface area (Å²) in [5.41, 5.74) is 5.59. The summed E-state index contributed by atoms with van der Waals surface area (Å²) in [6.07, 6.45) is 1.64. The lowest BCUT2D eigenvalue weighted by Crippen LogP contribution is -2.26. The second-order valence-electron chi connectivity index (χ2n) is 6.07. The van der Waals surface area contributed by atoms with Crippen molar-refractivity contribution in [2.45, 2.75) is 19.8 Å². The minimum Gasteiger partial charge on any atom is -0.497 e. The molecule has 0 spiro atoms. The second kappa shape index (κ2) is 9.14. The Bertz CT molecular complexity index is 902. The molecule has 2 aromatic carbocycles. The molecule has 0 aliphatic carbocycles. The highest BCUT2D eigenvalue weighted by molar-refractivity contribution is 7.22. The van der Waals surface area contributed by atoms with Crippen LogP contribution >= 0.6 is 11.3 Å². The van der Waals surface area contributed by atoms with Crippen LogP contribution in [0.4, 0.5) is 5.13 Å². The van der Waals surface area contributed by atoms with Gasteiger partial charge >= 0.3 is 0 Å². The first-order valence-electron chi connectivity index (χ1n) is 8.68. The summed E-state index contributed by atoms with van der Waals surface area (Å²) in [5.74, 6) is 0.648. The number of rotatable bonds is 8. The zero-order valence-corrected chi connectivity index (χ0v) is 16.2. The summed E-state index contributed by atoms with van der Waals surface area (Å²) in [5, 5.41) is 7.93. The van der Waals surface area contributed by atoms with E-state index in [1.54, 1.807) is 7.11 Å². The molecule has 1 aromatic heterocycles. The lowest BCUT2D eigenvalue weighted by Gasteiger charge is -2.05. The summed E-state index contributed by atoms with van der Waals surface area (Å²) in [6, 6.07) is 15.8. The molecule has 2 N–H and O–H groups in total. The van der Waals surface area contributed by atoms with E-state index in [4.69, 9.17) is 4.74 Å². The molecular formula is C20H22N4O2S. The number of amides is 1. The number of ether oxygens (including phenoxy) is 1. The maximum Gasteiger partial charge on any atom is 0.259 e. The van der Waals surface area contributed by atoms with Gasteiger partial charge in [0.1, 0.15) is 5.75 Å². The van der Waals surface area contributed by atoms with Crippen molar-refractivity contribution >= 4 is 38.3 Å². The van der Waals surface area contributed by atoms with Crippen LogP contribution in [-0.4, -0.2) is 30.3 Å². The van der Waals surface area contributed by atoms with E-state index in [1.807, 2.05) is 55.5 Å². The predicted octanol–water partition coefficient (Wildman–Crippen LogP) is 3.84. The third kappa shape index (κ3) is 5.52. The molecule has 0 aliphatic rings. The Morgan fingerprint density at radius 2 is 1.96 bits per heavy atom. The number of benzene rings is 2. The van der Waals surface area contributed by atoms with Crippen LogP contribution in [0.3, 0.4) is 0 Å². The normalized spacial score (nSPS) is 11.4. The first kappa shape index (κ1) is 18.8. The third-order valence-corrected chi connectivity index (χ3v) is 4.99. The minimum atomic E-state index is -0.196. The largest absolute Gasteiger partial charge is 0.497 e.